The molecular weight excluding hydrogens is 342 g/mol. The molecule has 0 heterocycles. The van der Waals surface area contributed by atoms with Gasteiger partial charge in [-0.3, -0.25) is 4.79 Å². The van der Waals surface area contributed by atoms with Crippen molar-refractivity contribution < 1.29 is 19.0 Å². The van der Waals surface area contributed by atoms with E-state index in [0.717, 1.165) is 23.3 Å². The molecule has 0 unspecified atom stereocenters. The fraction of sp³-hybridized carbons (Fsp3) is 0.409. The zero-order valence-electron chi connectivity index (χ0n) is 16.6. The lowest BCUT2D eigenvalue weighted by atomic mass is 10.0. The Bertz CT molecular complexity index is 743. The summed E-state index contributed by atoms with van der Waals surface area (Å²) in [5, 5.41) is 2.87. The van der Waals surface area contributed by atoms with E-state index in [1.54, 1.807) is 7.11 Å². The summed E-state index contributed by atoms with van der Waals surface area (Å²) < 4.78 is 16.7. The van der Waals surface area contributed by atoms with Crippen LogP contribution in [0.15, 0.2) is 42.5 Å². The number of amides is 1. The number of rotatable bonds is 10. The smallest absolute Gasteiger partial charge is 0.258 e. The van der Waals surface area contributed by atoms with Gasteiger partial charge in [-0.25, -0.2) is 0 Å². The predicted molar refractivity (Wildman–Crippen MR) is 107 cm³/mol. The molecular formula is C22H29NO4. The maximum atomic E-state index is 12.1. The van der Waals surface area contributed by atoms with E-state index >= 15 is 0 Å². The van der Waals surface area contributed by atoms with Gasteiger partial charge in [0.15, 0.2) is 18.1 Å². The number of carbonyl (C=O) groups is 1. The number of hydrogen-bond acceptors (Lipinski definition) is 4. The second-order valence-electron chi connectivity index (χ2n) is 6.59. The van der Waals surface area contributed by atoms with Crippen LogP contribution in [0.25, 0.3) is 0 Å². The lowest BCUT2D eigenvalue weighted by Crippen LogP contribution is -2.28. The van der Waals surface area contributed by atoms with Gasteiger partial charge in [-0.1, -0.05) is 45.0 Å². The first kappa shape index (κ1) is 20.6. The van der Waals surface area contributed by atoms with Crippen LogP contribution in [0.3, 0.4) is 0 Å². The molecule has 0 aliphatic carbocycles. The predicted octanol–water partition coefficient (Wildman–Crippen LogP) is 4.30. The van der Waals surface area contributed by atoms with Crippen LogP contribution in [-0.4, -0.2) is 26.2 Å². The molecule has 146 valence electrons. The number of hydrogen-bond donors (Lipinski definition) is 1. The Morgan fingerprint density at radius 2 is 1.81 bits per heavy atom. The molecule has 0 radical (unpaired) electrons. The lowest BCUT2D eigenvalue weighted by Gasteiger charge is -2.14. The standard InChI is InChI=1S/C22H29NO4/c1-5-12-26-20-11-10-17(13-21(20)25-4)14-23-22(24)15-27-19-9-7-6-8-18(19)16(2)3/h6-11,13,16H,5,12,14-15H2,1-4H3,(H,23,24). The van der Waals surface area contributed by atoms with Crippen molar-refractivity contribution in [3.8, 4) is 17.2 Å². The number of methoxy groups -OCH3 is 1. The van der Waals surface area contributed by atoms with Crippen molar-refractivity contribution >= 4 is 5.91 Å². The van der Waals surface area contributed by atoms with Gasteiger partial charge in [0.1, 0.15) is 5.75 Å². The molecule has 5 heteroatoms. The van der Waals surface area contributed by atoms with E-state index in [-0.39, 0.29) is 12.5 Å². The molecule has 0 bridgehead atoms. The third-order valence-electron chi connectivity index (χ3n) is 4.08. The highest BCUT2D eigenvalue weighted by Gasteiger charge is 2.10. The molecule has 0 saturated heterocycles. The van der Waals surface area contributed by atoms with E-state index in [9.17, 15) is 4.79 Å². The van der Waals surface area contributed by atoms with E-state index in [1.165, 1.54) is 0 Å². The number of benzene rings is 2. The van der Waals surface area contributed by atoms with Crippen LogP contribution in [-0.2, 0) is 11.3 Å². The first-order valence-electron chi connectivity index (χ1n) is 9.33. The maximum absolute atomic E-state index is 12.1. The van der Waals surface area contributed by atoms with Gasteiger partial charge in [0, 0.05) is 6.54 Å². The van der Waals surface area contributed by atoms with Crippen LogP contribution in [0.2, 0.25) is 0 Å². The van der Waals surface area contributed by atoms with Crippen LogP contribution in [0.1, 0.15) is 44.2 Å². The van der Waals surface area contributed by atoms with Crippen LogP contribution in [0.5, 0.6) is 17.2 Å². The second kappa shape index (κ2) is 10.5. The average molecular weight is 371 g/mol. The Labute approximate surface area is 161 Å². The molecule has 0 aromatic heterocycles. The maximum Gasteiger partial charge on any atom is 0.258 e. The van der Waals surface area contributed by atoms with Gasteiger partial charge in [0.05, 0.1) is 13.7 Å². The topological polar surface area (TPSA) is 56.8 Å². The normalized spacial score (nSPS) is 10.6. The first-order valence-corrected chi connectivity index (χ1v) is 9.33. The molecule has 0 atom stereocenters. The van der Waals surface area contributed by atoms with Crippen molar-refractivity contribution in [1.29, 1.82) is 0 Å². The summed E-state index contributed by atoms with van der Waals surface area (Å²) in [4.78, 5) is 12.1. The Morgan fingerprint density at radius 1 is 1.04 bits per heavy atom. The van der Waals surface area contributed by atoms with Gasteiger partial charge < -0.3 is 19.5 Å². The van der Waals surface area contributed by atoms with E-state index in [0.29, 0.717) is 30.6 Å². The molecule has 0 saturated carbocycles. The van der Waals surface area contributed by atoms with Crippen molar-refractivity contribution in [2.75, 3.05) is 20.3 Å². The molecule has 0 spiro atoms. The van der Waals surface area contributed by atoms with Crippen LogP contribution in [0.4, 0.5) is 0 Å². The van der Waals surface area contributed by atoms with Crippen LogP contribution >= 0.6 is 0 Å². The molecule has 0 aliphatic rings. The molecule has 27 heavy (non-hydrogen) atoms. The fourth-order valence-corrected chi connectivity index (χ4v) is 2.64. The Morgan fingerprint density at radius 3 is 2.52 bits per heavy atom. The summed E-state index contributed by atoms with van der Waals surface area (Å²) >= 11 is 0. The molecule has 0 aliphatic heterocycles. The lowest BCUT2D eigenvalue weighted by molar-refractivity contribution is -0.123. The van der Waals surface area contributed by atoms with Crippen molar-refractivity contribution in [3.63, 3.8) is 0 Å². The minimum absolute atomic E-state index is 0.0153. The van der Waals surface area contributed by atoms with Gasteiger partial charge in [-0.15, -0.1) is 0 Å². The minimum atomic E-state index is -0.168. The number of nitrogens with one attached hydrogen (secondary N) is 1. The van der Waals surface area contributed by atoms with Gasteiger partial charge in [-0.05, 0) is 41.7 Å². The molecule has 0 fully saturated rings. The Hall–Kier alpha value is -2.69. The SMILES string of the molecule is CCCOc1ccc(CNC(=O)COc2ccccc2C(C)C)cc1OC. The minimum Gasteiger partial charge on any atom is -0.493 e. The quantitative estimate of drug-likeness (QED) is 0.676. The summed E-state index contributed by atoms with van der Waals surface area (Å²) in [7, 11) is 1.61. The van der Waals surface area contributed by atoms with Crippen LogP contribution in [0, 0.1) is 0 Å². The monoisotopic (exact) mass is 371 g/mol. The van der Waals surface area contributed by atoms with Crippen LogP contribution < -0.4 is 19.5 Å². The molecule has 1 amide bonds. The Balaban J connectivity index is 1.88. The number of ether oxygens (including phenoxy) is 3. The third kappa shape index (κ3) is 6.20. The van der Waals surface area contributed by atoms with Crippen molar-refractivity contribution in [3.05, 3.63) is 53.6 Å². The zero-order valence-corrected chi connectivity index (χ0v) is 16.6. The van der Waals surface area contributed by atoms with Gasteiger partial charge in [0.25, 0.3) is 5.91 Å². The summed E-state index contributed by atoms with van der Waals surface area (Å²) in [5.41, 5.74) is 2.03. The van der Waals surface area contributed by atoms with Gasteiger partial charge in [0.2, 0.25) is 0 Å². The molecule has 5 nitrogen and oxygen atoms in total. The van der Waals surface area contributed by atoms with Crippen molar-refractivity contribution in [2.45, 2.75) is 39.7 Å². The largest absolute Gasteiger partial charge is 0.493 e. The highest BCUT2D eigenvalue weighted by molar-refractivity contribution is 5.77. The molecule has 2 aromatic rings. The molecule has 2 rings (SSSR count). The van der Waals surface area contributed by atoms with E-state index in [2.05, 4.69) is 26.1 Å². The highest BCUT2D eigenvalue weighted by atomic mass is 16.5. The second-order valence-corrected chi connectivity index (χ2v) is 6.59. The van der Waals surface area contributed by atoms with Gasteiger partial charge in [-0.2, -0.15) is 0 Å². The van der Waals surface area contributed by atoms with Crippen molar-refractivity contribution in [1.82, 2.24) is 5.32 Å². The van der Waals surface area contributed by atoms with Crippen molar-refractivity contribution in [2.24, 2.45) is 0 Å². The highest BCUT2D eigenvalue weighted by Crippen LogP contribution is 2.28. The zero-order chi connectivity index (χ0) is 19.6. The van der Waals surface area contributed by atoms with E-state index < -0.39 is 0 Å². The summed E-state index contributed by atoms with van der Waals surface area (Å²) in [6.45, 7) is 7.28. The molecule has 2 aromatic carbocycles. The Kier molecular flexibility index (Phi) is 7.99. The average Bonchev–Trinajstić information content (AvgIpc) is 2.69. The first-order chi connectivity index (χ1) is 13.0. The van der Waals surface area contributed by atoms with Gasteiger partial charge >= 0.3 is 0 Å². The third-order valence-corrected chi connectivity index (χ3v) is 4.08. The number of carbonyl (C=O) groups excluding carboxylic acids is 1. The van der Waals surface area contributed by atoms with E-state index in [1.807, 2.05) is 42.5 Å². The fourth-order valence-electron chi connectivity index (χ4n) is 2.64. The summed E-state index contributed by atoms with van der Waals surface area (Å²) in [6.07, 6.45) is 0.931. The summed E-state index contributed by atoms with van der Waals surface area (Å²) in [6, 6.07) is 13.5. The van der Waals surface area contributed by atoms with E-state index in [4.69, 9.17) is 14.2 Å². The molecule has 1 N–H and O–H groups in total. The number of para-hydroxylation sites is 1. The summed E-state index contributed by atoms with van der Waals surface area (Å²) in [5.74, 6) is 2.30.